The maximum atomic E-state index is 13.3. The Hall–Kier alpha value is -4.39. The molecule has 1 aliphatic heterocycles. The van der Waals surface area contributed by atoms with Crippen LogP contribution >= 0.6 is 0 Å². The zero-order valence-corrected chi connectivity index (χ0v) is 22.9. The zero-order chi connectivity index (χ0) is 28.8. The molecule has 2 aromatic carbocycles. The Balaban J connectivity index is 1.78. The number of benzene rings is 2. The van der Waals surface area contributed by atoms with Gasteiger partial charge in [0.05, 0.1) is 35.8 Å². The molecule has 2 heterocycles. The lowest BCUT2D eigenvalue weighted by Crippen LogP contribution is -2.36. The third kappa shape index (κ3) is 6.09. The van der Waals surface area contributed by atoms with Gasteiger partial charge in [0.1, 0.15) is 0 Å². The second-order valence-electron chi connectivity index (χ2n) is 9.24. The van der Waals surface area contributed by atoms with Crippen LogP contribution < -0.4 is 5.32 Å². The number of hydrogen-bond donors (Lipinski definition) is 1. The number of aromatic nitrogens is 2. The molecule has 0 bridgehead atoms. The Morgan fingerprint density at radius 2 is 1.85 bits per heavy atom. The number of non-ortho nitro benzene ring substituents is 1. The fourth-order valence-corrected chi connectivity index (χ4v) is 4.76. The van der Waals surface area contributed by atoms with Gasteiger partial charge in [0.2, 0.25) is 0 Å². The molecule has 0 radical (unpaired) electrons. The van der Waals surface area contributed by atoms with Crippen LogP contribution in [0.1, 0.15) is 35.7 Å². The Morgan fingerprint density at radius 1 is 1.12 bits per heavy atom. The molecule has 0 aliphatic carbocycles. The van der Waals surface area contributed by atoms with Crippen molar-refractivity contribution in [2.45, 2.75) is 32.2 Å². The standard InChI is InChI=1S/C28H31N5O7/c1-17-22(26-30-21(31-40-26)16-32(2)15-18-10-7-6-8-11-18)23(19-12-9-13-20(14-19)33(35)36)24(27(34)37-3)25(29-17)28(38-4)39-5/h6-14,23,28-29H,15-16H2,1-5H3. The quantitative estimate of drug-likeness (QED) is 0.162. The van der Waals surface area contributed by atoms with Crippen molar-refractivity contribution in [1.82, 2.24) is 20.4 Å². The van der Waals surface area contributed by atoms with Gasteiger partial charge >= 0.3 is 5.97 Å². The fourth-order valence-electron chi connectivity index (χ4n) is 4.76. The number of ether oxygens (including phenoxy) is 3. The van der Waals surface area contributed by atoms with Gasteiger partial charge in [0, 0.05) is 44.2 Å². The smallest absolute Gasteiger partial charge is 0.336 e. The van der Waals surface area contributed by atoms with E-state index in [4.69, 9.17) is 18.7 Å². The van der Waals surface area contributed by atoms with Crippen molar-refractivity contribution >= 4 is 17.2 Å². The van der Waals surface area contributed by atoms with Crippen LogP contribution in [-0.2, 0) is 32.1 Å². The van der Waals surface area contributed by atoms with Crippen molar-refractivity contribution in [2.75, 3.05) is 28.4 Å². The molecule has 4 rings (SSSR count). The summed E-state index contributed by atoms with van der Waals surface area (Å²) in [6.07, 6.45) is -0.948. The van der Waals surface area contributed by atoms with Crippen molar-refractivity contribution in [3.8, 4) is 0 Å². The van der Waals surface area contributed by atoms with E-state index in [0.29, 0.717) is 41.4 Å². The molecule has 1 aromatic heterocycles. The van der Waals surface area contributed by atoms with E-state index in [9.17, 15) is 14.9 Å². The molecular formula is C28H31N5O7. The number of carbonyl (C=O) groups excluding carboxylic acids is 1. The molecule has 0 amide bonds. The second kappa shape index (κ2) is 12.6. The summed E-state index contributed by atoms with van der Waals surface area (Å²) in [5.41, 5.74) is 2.94. The van der Waals surface area contributed by atoms with Crippen molar-refractivity contribution in [3.05, 3.63) is 105 Å². The van der Waals surface area contributed by atoms with Crippen LogP contribution in [0.3, 0.4) is 0 Å². The third-order valence-corrected chi connectivity index (χ3v) is 6.48. The molecule has 1 unspecified atom stereocenters. The molecule has 40 heavy (non-hydrogen) atoms. The Morgan fingerprint density at radius 3 is 2.50 bits per heavy atom. The number of allylic oxidation sites excluding steroid dienone is 2. The van der Waals surface area contributed by atoms with Crippen LogP contribution in [0.2, 0.25) is 0 Å². The minimum Gasteiger partial charge on any atom is -0.466 e. The van der Waals surface area contributed by atoms with E-state index in [0.717, 1.165) is 5.56 Å². The number of nitrogens with zero attached hydrogens (tertiary/aromatic N) is 4. The Labute approximate surface area is 231 Å². The van der Waals surface area contributed by atoms with Gasteiger partial charge in [-0.1, -0.05) is 47.6 Å². The van der Waals surface area contributed by atoms with E-state index >= 15 is 0 Å². The highest BCUT2D eigenvalue weighted by Crippen LogP contribution is 2.44. The van der Waals surface area contributed by atoms with Gasteiger partial charge in [-0.05, 0) is 25.1 Å². The van der Waals surface area contributed by atoms with Crippen LogP contribution in [0.15, 0.2) is 76.1 Å². The van der Waals surface area contributed by atoms with Gasteiger partial charge < -0.3 is 24.1 Å². The molecule has 1 aliphatic rings. The first-order chi connectivity index (χ1) is 19.3. The predicted octanol–water partition coefficient (Wildman–Crippen LogP) is 3.77. The summed E-state index contributed by atoms with van der Waals surface area (Å²) in [7, 11) is 6.07. The molecule has 12 nitrogen and oxygen atoms in total. The van der Waals surface area contributed by atoms with E-state index in [2.05, 4.69) is 15.5 Å². The molecule has 1 N–H and O–H groups in total. The molecule has 1 atom stereocenters. The molecule has 0 fully saturated rings. The molecule has 210 valence electrons. The van der Waals surface area contributed by atoms with Gasteiger partial charge in [-0.15, -0.1) is 0 Å². The Bertz CT molecular complexity index is 1430. The average Bonchev–Trinajstić information content (AvgIpc) is 3.41. The summed E-state index contributed by atoms with van der Waals surface area (Å²) in [5.74, 6) is -0.943. The number of hydrogen-bond acceptors (Lipinski definition) is 11. The van der Waals surface area contributed by atoms with Crippen LogP contribution in [0.4, 0.5) is 5.69 Å². The first kappa shape index (κ1) is 28.6. The second-order valence-corrected chi connectivity index (χ2v) is 9.24. The number of methoxy groups -OCH3 is 3. The van der Waals surface area contributed by atoms with Gasteiger partial charge in [-0.2, -0.15) is 4.98 Å². The highest BCUT2D eigenvalue weighted by molar-refractivity contribution is 5.97. The highest BCUT2D eigenvalue weighted by Gasteiger charge is 2.40. The summed E-state index contributed by atoms with van der Waals surface area (Å²) >= 11 is 0. The van der Waals surface area contributed by atoms with E-state index in [1.54, 1.807) is 19.1 Å². The van der Waals surface area contributed by atoms with Crippen LogP contribution in [0.25, 0.3) is 5.57 Å². The zero-order valence-electron chi connectivity index (χ0n) is 22.9. The summed E-state index contributed by atoms with van der Waals surface area (Å²) in [5, 5.41) is 19.0. The van der Waals surface area contributed by atoms with Gasteiger partial charge in [0.25, 0.3) is 11.6 Å². The first-order valence-electron chi connectivity index (χ1n) is 12.4. The molecule has 3 aromatic rings. The summed E-state index contributed by atoms with van der Waals surface area (Å²) in [4.78, 5) is 31.1. The van der Waals surface area contributed by atoms with Crippen LogP contribution in [-0.4, -0.2) is 60.6 Å². The minimum absolute atomic E-state index is 0.136. The third-order valence-electron chi connectivity index (χ3n) is 6.48. The lowest BCUT2D eigenvalue weighted by molar-refractivity contribution is -0.384. The summed E-state index contributed by atoms with van der Waals surface area (Å²) in [6.45, 7) is 2.86. The van der Waals surface area contributed by atoms with E-state index in [1.807, 2.05) is 42.3 Å². The topological polar surface area (TPSA) is 142 Å². The largest absolute Gasteiger partial charge is 0.466 e. The maximum absolute atomic E-state index is 13.3. The Kier molecular flexibility index (Phi) is 9.04. The number of carbonyl (C=O) groups is 1. The number of nitrogens with one attached hydrogen (secondary N) is 1. The number of esters is 1. The van der Waals surface area contributed by atoms with Crippen LogP contribution in [0.5, 0.6) is 0 Å². The normalized spacial score (nSPS) is 15.5. The average molecular weight is 550 g/mol. The van der Waals surface area contributed by atoms with Gasteiger partial charge in [-0.25, -0.2) is 4.79 Å². The molecule has 0 saturated heterocycles. The maximum Gasteiger partial charge on any atom is 0.336 e. The molecule has 0 saturated carbocycles. The lowest BCUT2D eigenvalue weighted by Gasteiger charge is -2.33. The van der Waals surface area contributed by atoms with E-state index < -0.39 is 23.1 Å². The summed E-state index contributed by atoms with van der Waals surface area (Å²) < 4.78 is 21.8. The highest BCUT2D eigenvalue weighted by atomic mass is 16.7. The predicted molar refractivity (Wildman–Crippen MR) is 144 cm³/mol. The van der Waals surface area contributed by atoms with Crippen molar-refractivity contribution in [3.63, 3.8) is 0 Å². The number of rotatable bonds is 11. The van der Waals surface area contributed by atoms with E-state index in [-0.39, 0.29) is 17.2 Å². The minimum atomic E-state index is -0.948. The number of dihydropyridines is 1. The summed E-state index contributed by atoms with van der Waals surface area (Å²) in [6, 6.07) is 16.0. The SMILES string of the molecule is COC(=O)C1=C(C(OC)OC)NC(C)=C(c2nc(CN(C)Cc3ccccc3)no2)C1c1cccc([N+](=O)[O-])c1. The molecule has 12 heteroatoms. The first-order valence-corrected chi connectivity index (χ1v) is 12.4. The lowest BCUT2D eigenvalue weighted by atomic mass is 9.80. The number of nitro benzene ring substituents is 1. The van der Waals surface area contributed by atoms with Gasteiger partial charge in [0.15, 0.2) is 12.1 Å². The van der Waals surface area contributed by atoms with Crippen molar-refractivity contribution in [2.24, 2.45) is 0 Å². The molecule has 0 spiro atoms. The fraction of sp³-hybridized carbons (Fsp3) is 0.321. The van der Waals surface area contributed by atoms with Crippen molar-refractivity contribution < 1.29 is 28.5 Å². The monoisotopic (exact) mass is 549 g/mol. The van der Waals surface area contributed by atoms with Crippen molar-refractivity contribution in [1.29, 1.82) is 0 Å². The van der Waals surface area contributed by atoms with Gasteiger partial charge in [-0.3, -0.25) is 15.0 Å². The van der Waals surface area contributed by atoms with Crippen LogP contribution in [0, 0.1) is 10.1 Å². The van der Waals surface area contributed by atoms with E-state index in [1.165, 1.54) is 33.5 Å². The number of nitro groups is 1. The molecular weight excluding hydrogens is 518 g/mol.